The number of carbonyl (C=O) groups excluding carboxylic acids is 1. The number of rotatable bonds is 5. The summed E-state index contributed by atoms with van der Waals surface area (Å²) in [6, 6.07) is 3.59. The summed E-state index contributed by atoms with van der Waals surface area (Å²) in [5.74, 6) is -0.0668. The minimum absolute atomic E-state index is 0.166. The Hall–Kier alpha value is -3.33. The van der Waals surface area contributed by atoms with Crippen molar-refractivity contribution in [3.63, 3.8) is 0 Å². The molecule has 0 spiro atoms. The van der Waals surface area contributed by atoms with E-state index in [0.29, 0.717) is 22.3 Å². The predicted molar refractivity (Wildman–Crippen MR) is 108 cm³/mol. The number of hydrogen-bond donors (Lipinski definition) is 3. The molecule has 1 aromatic carbocycles. The molecule has 3 aromatic rings. The Balaban J connectivity index is 2.16. The van der Waals surface area contributed by atoms with E-state index in [2.05, 4.69) is 15.1 Å². The Labute approximate surface area is 168 Å². The van der Waals surface area contributed by atoms with Crippen molar-refractivity contribution in [3.8, 4) is 11.1 Å². The zero-order valence-electron chi connectivity index (χ0n) is 16.9. The monoisotopic (exact) mass is 396 g/mol. The number of aliphatic hydroxyl groups is 1. The number of aliphatic hydroxyl groups excluding tert-OH is 1. The number of hydrogen-bond acceptors (Lipinski definition) is 7. The Morgan fingerprint density at radius 3 is 2.45 bits per heavy atom. The number of benzene rings is 1. The average molecular weight is 396 g/mol. The van der Waals surface area contributed by atoms with Gasteiger partial charge in [-0.3, -0.25) is 14.9 Å². The maximum absolute atomic E-state index is 12.3. The Morgan fingerprint density at radius 2 is 1.90 bits per heavy atom. The molecular formula is C20H24N6O3. The topological polar surface area (TPSA) is 140 Å². The first kappa shape index (κ1) is 20.4. The van der Waals surface area contributed by atoms with E-state index in [1.807, 2.05) is 0 Å². The molecule has 4 N–H and O–H groups in total. The van der Waals surface area contributed by atoms with Crippen molar-refractivity contribution in [2.75, 3.05) is 0 Å². The first-order chi connectivity index (χ1) is 13.6. The summed E-state index contributed by atoms with van der Waals surface area (Å²) in [5.41, 5.74) is 7.90. The summed E-state index contributed by atoms with van der Waals surface area (Å²) in [6.07, 6.45) is 3.37. The minimum Gasteiger partial charge on any atom is -0.459 e. The molecule has 29 heavy (non-hydrogen) atoms. The lowest BCUT2D eigenvalue weighted by molar-refractivity contribution is -0.155. The third kappa shape index (κ3) is 4.40. The van der Waals surface area contributed by atoms with Gasteiger partial charge in [-0.1, -0.05) is 0 Å². The average Bonchev–Trinajstić information content (AvgIpc) is 2.98. The number of esters is 1. The van der Waals surface area contributed by atoms with E-state index in [9.17, 15) is 9.90 Å². The molecule has 3 rings (SSSR count). The molecule has 0 saturated heterocycles. The fourth-order valence-corrected chi connectivity index (χ4v) is 3.04. The van der Waals surface area contributed by atoms with Crippen molar-refractivity contribution in [2.24, 2.45) is 5.73 Å². The second-order valence-electron chi connectivity index (χ2n) is 7.71. The van der Waals surface area contributed by atoms with Crippen LogP contribution in [0.15, 0.2) is 24.5 Å². The SMILES string of the molecule is Cc1ncc(-c2cc(CO)c3c(c2)c(C(=N)N)nn3CC(=O)OC(C)(C)C)cn1. The molecule has 0 aliphatic heterocycles. The van der Waals surface area contributed by atoms with E-state index in [4.69, 9.17) is 15.9 Å². The van der Waals surface area contributed by atoms with Gasteiger partial charge in [-0.15, -0.1) is 0 Å². The Bertz CT molecular complexity index is 1080. The van der Waals surface area contributed by atoms with Gasteiger partial charge in [0.25, 0.3) is 0 Å². The van der Waals surface area contributed by atoms with Gasteiger partial charge < -0.3 is 15.6 Å². The van der Waals surface area contributed by atoms with Gasteiger partial charge in [0, 0.05) is 28.9 Å². The minimum atomic E-state index is -0.637. The number of fused-ring (bicyclic) bond motifs is 1. The van der Waals surface area contributed by atoms with E-state index < -0.39 is 11.6 Å². The fourth-order valence-electron chi connectivity index (χ4n) is 3.04. The number of ether oxygens (including phenoxy) is 1. The van der Waals surface area contributed by atoms with E-state index in [1.165, 1.54) is 4.68 Å². The molecule has 0 aliphatic rings. The first-order valence-electron chi connectivity index (χ1n) is 9.08. The Kier molecular flexibility index (Phi) is 5.34. The molecule has 0 amide bonds. The summed E-state index contributed by atoms with van der Waals surface area (Å²) in [7, 11) is 0. The molecule has 0 bridgehead atoms. The van der Waals surface area contributed by atoms with Crippen LogP contribution in [0.25, 0.3) is 22.0 Å². The summed E-state index contributed by atoms with van der Waals surface area (Å²) in [6.45, 7) is 6.68. The quantitative estimate of drug-likeness (QED) is 0.340. The zero-order valence-corrected chi connectivity index (χ0v) is 16.9. The van der Waals surface area contributed by atoms with Crippen LogP contribution in [0.2, 0.25) is 0 Å². The van der Waals surface area contributed by atoms with Crippen molar-refractivity contribution < 1.29 is 14.6 Å². The van der Waals surface area contributed by atoms with Crippen LogP contribution in [0.3, 0.4) is 0 Å². The molecule has 2 heterocycles. The normalized spacial score (nSPS) is 11.6. The summed E-state index contributed by atoms with van der Waals surface area (Å²) in [5, 5.41) is 22.8. The van der Waals surface area contributed by atoms with Crippen LogP contribution in [0, 0.1) is 12.3 Å². The van der Waals surface area contributed by atoms with Gasteiger partial charge in [0.05, 0.1) is 12.1 Å². The molecule has 0 unspecified atom stereocenters. The van der Waals surface area contributed by atoms with Crippen LogP contribution in [0.4, 0.5) is 0 Å². The number of carbonyl (C=O) groups is 1. The predicted octanol–water partition coefficient (Wildman–Crippen LogP) is 1.92. The van der Waals surface area contributed by atoms with Gasteiger partial charge >= 0.3 is 5.97 Å². The molecule has 0 radical (unpaired) electrons. The molecule has 0 fully saturated rings. The standard InChI is InChI=1S/C20H24N6O3/c1-11-23-7-14(8-24-11)12-5-13(10-27)18-15(6-12)17(19(21)22)25-26(18)9-16(28)29-20(2,3)4/h5-8,27H,9-10H2,1-4H3,(H3,21,22). The molecule has 152 valence electrons. The summed E-state index contributed by atoms with van der Waals surface area (Å²) in [4.78, 5) is 20.7. The number of nitrogens with two attached hydrogens (primary N) is 1. The molecule has 0 saturated carbocycles. The third-order valence-corrected chi connectivity index (χ3v) is 4.16. The second kappa shape index (κ2) is 7.59. The second-order valence-corrected chi connectivity index (χ2v) is 7.71. The van der Waals surface area contributed by atoms with Crippen LogP contribution in [-0.2, 0) is 22.7 Å². The molecule has 2 aromatic heterocycles. The number of nitrogen functional groups attached to an aromatic ring is 1. The lowest BCUT2D eigenvalue weighted by Gasteiger charge is -2.19. The van der Waals surface area contributed by atoms with Crippen LogP contribution in [0.5, 0.6) is 0 Å². The number of aryl methyl sites for hydroxylation is 1. The van der Waals surface area contributed by atoms with Gasteiger partial charge in [-0.25, -0.2) is 9.97 Å². The Morgan fingerprint density at radius 1 is 1.24 bits per heavy atom. The van der Waals surface area contributed by atoms with Crippen molar-refractivity contribution in [1.82, 2.24) is 19.7 Å². The smallest absolute Gasteiger partial charge is 0.328 e. The van der Waals surface area contributed by atoms with Gasteiger partial charge in [-0.2, -0.15) is 5.10 Å². The van der Waals surface area contributed by atoms with Crippen molar-refractivity contribution >= 4 is 22.7 Å². The summed E-state index contributed by atoms with van der Waals surface area (Å²) >= 11 is 0. The van der Waals surface area contributed by atoms with Gasteiger partial charge in [-0.05, 0) is 45.4 Å². The maximum atomic E-state index is 12.3. The van der Waals surface area contributed by atoms with E-state index in [-0.39, 0.29) is 24.7 Å². The van der Waals surface area contributed by atoms with Gasteiger partial charge in [0.15, 0.2) is 0 Å². The highest BCUT2D eigenvalue weighted by Crippen LogP contribution is 2.30. The lowest BCUT2D eigenvalue weighted by Crippen LogP contribution is -2.27. The summed E-state index contributed by atoms with van der Waals surface area (Å²) < 4.78 is 6.79. The van der Waals surface area contributed by atoms with E-state index in [1.54, 1.807) is 52.2 Å². The number of aromatic nitrogens is 4. The first-order valence-corrected chi connectivity index (χ1v) is 9.08. The molecule has 0 aliphatic carbocycles. The molecule has 9 nitrogen and oxygen atoms in total. The van der Waals surface area contributed by atoms with Crippen LogP contribution < -0.4 is 5.73 Å². The maximum Gasteiger partial charge on any atom is 0.328 e. The molecule has 9 heteroatoms. The third-order valence-electron chi connectivity index (χ3n) is 4.16. The van der Waals surface area contributed by atoms with E-state index in [0.717, 1.165) is 11.1 Å². The largest absolute Gasteiger partial charge is 0.459 e. The number of nitrogens with one attached hydrogen (secondary N) is 1. The lowest BCUT2D eigenvalue weighted by atomic mass is 10.0. The highest BCUT2D eigenvalue weighted by atomic mass is 16.6. The van der Waals surface area contributed by atoms with Gasteiger partial charge in [0.1, 0.15) is 29.5 Å². The van der Waals surface area contributed by atoms with Crippen LogP contribution >= 0.6 is 0 Å². The highest BCUT2D eigenvalue weighted by molar-refractivity contribution is 6.07. The number of nitrogens with zero attached hydrogens (tertiary/aromatic N) is 4. The van der Waals surface area contributed by atoms with Crippen LogP contribution in [0.1, 0.15) is 37.9 Å². The molecular weight excluding hydrogens is 372 g/mol. The molecule has 0 atom stereocenters. The highest BCUT2D eigenvalue weighted by Gasteiger charge is 2.22. The van der Waals surface area contributed by atoms with Crippen molar-refractivity contribution in [2.45, 2.75) is 46.4 Å². The van der Waals surface area contributed by atoms with Crippen LogP contribution in [-0.4, -0.2) is 42.3 Å². The fraction of sp³-hybridized carbons (Fsp3) is 0.350. The van der Waals surface area contributed by atoms with E-state index >= 15 is 0 Å². The van der Waals surface area contributed by atoms with Crippen molar-refractivity contribution in [1.29, 1.82) is 5.41 Å². The van der Waals surface area contributed by atoms with Gasteiger partial charge in [0.2, 0.25) is 0 Å². The number of amidine groups is 1. The zero-order chi connectivity index (χ0) is 21.3. The van der Waals surface area contributed by atoms with Crippen molar-refractivity contribution in [3.05, 3.63) is 41.6 Å².